The predicted molar refractivity (Wildman–Crippen MR) is 71.8 cm³/mol. The fourth-order valence-corrected chi connectivity index (χ4v) is 2.85. The Kier molecular flexibility index (Phi) is 3.60. The van der Waals surface area contributed by atoms with Crippen LogP contribution in [0.25, 0.3) is 0 Å². The highest BCUT2D eigenvalue weighted by molar-refractivity contribution is 5.52. The lowest BCUT2D eigenvalue weighted by atomic mass is 9.89. The third kappa shape index (κ3) is 2.54. The Bertz CT molecular complexity index is 456. The van der Waals surface area contributed by atoms with Crippen molar-refractivity contribution in [2.45, 2.75) is 31.9 Å². The SMILES string of the molecule is CC(F)c1cc2c(c(C3CCCNC3)c1)OCCO2. The zero-order valence-electron chi connectivity index (χ0n) is 11.2. The largest absolute Gasteiger partial charge is 0.486 e. The second-order valence-corrected chi connectivity index (χ2v) is 5.29. The Morgan fingerprint density at radius 1 is 1.32 bits per heavy atom. The van der Waals surface area contributed by atoms with Crippen molar-refractivity contribution in [1.82, 2.24) is 5.32 Å². The Balaban J connectivity index is 2.01. The summed E-state index contributed by atoms with van der Waals surface area (Å²) in [5.74, 6) is 1.92. The molecule has 0 spiro atoms. The van der Waals surface area contributed by atoms with E-state index in [2.05, 4.69) is 5.32 Å². The number of nitrogens with one attached hydrogen (secondary N) is 1. The molecule has 2 atom stereocenters. The number of halogens is 1. The molecule has 1 saturated heterocycles. The molecule has 3 nitrogen and oxygen atoms in total. The molecule has 0 amide bonds. The van der Waals surface area contributed by atoms with Crippen molar-refractivity contribution in [2.24, 2.45) is 0 Å². The molecule has 19 heavy (non-hydrogen) atoms. The average molecular weight is 265 g/mol. The summed E-state index contributed by atoms with van der Waals surface area (Å²) in [7, 11) is 0. The van der Waals surface area contributed by atoms with Crippen LogP contribution in [0.1, 0.15) is 43.0 Å². The van der Waals surface area contributed by atoms with Gasteiger partial charge in [0.2, 0.25) is 0 Å². The zero-order chi connectivity index (χ0) is 13.2. The third-order valence-corrected chi connectivity index (χ3v) is 3.89. The molecule has 0 bridgehead atoms. The predicted octanol–water partition coefficient (Wildman–Crippen LogP) is 2.96. The lowest BCUT2D eigenvalue weighted by Crippen LogP contribution is -2.29. The lowest BCUT2D eigenvalue weighted by Gasteiger charge is -2.29. The molecule has 3 rings (SSSR count). The summed E-state index contributed by atoms with van der Waals surface area (Å²) in [6, 6.07) is 3.73. The molecule has 1 aromatic carbocycles. The van der Waals surface area contributed by atoms with E-state index >= 15 is 0 Å². The van der Waals surface area contributed by atoms with Crippen LogP contribution in [0.15, 0.2) is 12.1 Å². The number of hydrogen-bond acceptors (Lipinski definition) is 3. The third-order valence-electron chi connectivity index (χ3n) is 3.89. The van der Waals surface area contributed by atoms with Gasteiger partial charge in [0.15, 0.2) is 11.5 Å². The van der Waals surface area contributed by atoms with Gasteiger partial charge in [0, 0.05) is 18.0 Å². The molecule has 0 aliphatic carbocycles. The van der Waals surface area contributed by atoms with Crippen LogP contribution in [0.3, 0.4) is 0 Å². The van der Waals surface area contributed by atoms with Crippen LogP contribution in [-0.2, 0) is 0 Å². The minimum absolute atomic E-state index is 0.392. The van der Waals surface area contributed by atoms with Crippen molar-refractivity contribution in [3.8, 4) is 11.5 Å². The van der Waals surface area contributed by atoms with E-state index in [9.17, 15) is 4.39 Å². The van der Waals surface area contributed by atoms with Gasteiger partial charge in [-0.1, -0.05) is 0 Å². The van der Waals surface area contributed by atoms with Crippen LogP contribution in [0.5, 0.6) is 11.5 Å². The molecule has 1 aromatic rings. The number of benzene rings is 1. The van der Waals surface area contributed by atoms with Crippen molar-refractivity contribution in [1.29, 1.82) is 0 Å². The Morgan fingerprint density at radius 2 is 2.16 bits per heavy atom. The van der Waals surface area contributed by atoms with Gasteiger partial charge in [-0.2, -0.15) is 0 Å². The topological polar surface area (TPSA) is 30.5 Å². The summed E-state index contributed by atoms with van der Waals surface area (Å²) in [6.45, 7) is 4.67. The van der Waals surface area contributed by atoms with Gasteiger partial charge in [-0.05, 0) is 44.0 Å². The lowest BCUT2D eigenvalue weighted by molar-refractivity contribution is 0.168. The van der Waals surface area contributed by atoms with E-state index in [0.717, 1.165) is 37.2 Å². The number of rotatable bonds is 2. The van der Waals surface area contributed by atoms with Crippen LogP contribution in [-0.4, -0.2) is 26.3 Å². The second-order valence-electron chi connectivity index (χ2n) is 5.29. The van der Waals surface area contributed by atoms with Crippen LogP contribution in [0.2, 0.25) is 0 Å². The van der Waals surface area contributed by atoms with Gasteiger partial charge in [0.05, 0.1) is 0 Å². The first-order valence-corrected chi connectivity index (χ1v) is 7.04. The van der Waals surface area contributed by atoms with Gasteiger partial charge >= 0.3 is 0 Å². The van der Waals surface area contributed by atoms with E-state index in [-0.39, 0.29) is 0 Å². The first kappa shape index (κ1) is 12.7. The van der Waals surface area contributed by atoms with Gasteiger partial charge in [-0.25, -0.2) is 4.39 Å². The Labute approximate surface area is 113 Å². The van der Waals surface area contributed by atoms with E-state index < -0.39 is 6.17 Å². The van der Waals surface area contributed by atoms with Crippen molar-refractivity contribution in [3.63, 3.8) is 0 Å². The van der Waals surface area contributed by atoms with Crippen LogP contribution in [0, 0.1) is 0 Å². The number of piperidine rings is 1. The molecule has 1 N–H and O–H groups in total. The van der Waals surface area contributed by atoms with E-state index in [1.165, 1.54) is 0 Å². The maximum absolute atomic E-state index is 13.6. The molecular weight excluding hydrogens is 245 g/mol. The van der Waals surface area contributed by atoms with Gasteiger partial charge in [-0.15, -0.1) is 0 Å². The summed E-state index contributed by atoms with van der Waals surface area (Å²) in [4.78, 5) is 0. The number of ether oxygens (including phenoxy) is 2. The van der Waals surface area contributed by atoms with Crippen LogP contribution >= 0.6 is 0 Å². The maximum atomic E-state index is 13.6. The van der Waals surface area contributed by atoms with Gasteiger partial charge in [0.1, 0.15) is 19.4 Å². The van der Waals surface area contributed by atoms with Crippen molar-refractivity contribution in [3.05, 3.63) is 23.3 Å². The minimum atomic E-state index is -0.980. The van der Waals surface area contributed by atoms with Crippen LogP contribution < -0.4 is 14.8 Å². The summed E-state index contributed by atoms with van der Waals surface area (Å²) < 4.78 is 25.0. The Morgan fingerprint density at radius 3 is 2.89 bits per heavy atom. The normalized spacial score (nSPS) is 24.0. The smallest absolute Gasteiger partial charge is 0.164 e. The molecule has 4 heteroatoms. The summed E-state index contributed by atoms with van der Waals surface area (Å²) in [6.07, 6.45) is 1.29. The number of fused-ring (bicyclic) bond motifs is 1. The molecule has 2 aliphatic heterocycles. The maximum Gasteiger partial charge on any atom is 0.164 e. The zero-order valence-corrected chi connectivity index (χ0v) is 11.2. The van der Waals surface area contributed by atoms with E-state index in [1.54, 1.807) is 13.0 Å². The highest BCUT2D eigenvalue weighted by atomic mass is 19.1. The first-order chi connectivity index (χ1) is 9.25. The van der Waals surface area contributed by atoms with Crippen molar-refractivity contribution < 1.29 is 13.9 Å². The molecule has 1 fully saturated rings. The van der Waals surface area contributed by atoms with Gasteiger partial charge in [-0.3, -0.25) is 0 Å². The molecule has 2 unspecified atom stereocenters. The highest BCUT2D eigenvalue weighted by Crippen LogP contribution is 2.42. The van der Waals surface area contributed by atoms with Crippen molar-refractivity contribution >= 4 is 0 Å². The number of hydrogen-bond donors (Lipinski definition) is 1. The fourth-order valence-electron chi connectivity index (χ4n) is 2.85. The summed E-state index contributed by atoms with van der Waals surface area (Å²) in [5.41, 5.74) is 1.79. The van der Waals surface area contributed by atoms with E-state index in [1.807, 2.05) is 6.07 Å². The van der Waals surface area contributed by atoms with Gasteiger partial charge < -0.3 is 14.8 Å². The van der Waals surface area contributed by atoms with Crippen molar-refractivity contribution in [2.75, 3.05) is 26.3 Å². The standard InChI is InChI=1S/C15H20FNO2/c1-10(16)12-7-13(11-3-2-4-17-9-11)15-14(8-12)18-5-6-19-15/h7-8,10-11,17H,2-6,9H2,1H3. The molecule has 104 valence electrons. The quantitative estimate of drug-likeness (QED) is 0.891. The molecule has 0 radical (unpaired) electrons. The second kappa shape index (κ2) is 5.37. The molecule has 2 aliphatic rings. The Hall–Kier alpha value is -1.29. The monoisotopic (exact) mass is 265 g/mol. The van der Waals surface area contributed by atoms with Crippen LogP contribution in [0.4, 0.5) is 4.39 Å². The van der Waals surface area contributed by atoms with Gasteiger partial charge in [0.25, 0.3) is 0 Å². The molecule has 0 saturated carbocycles. The number of alkyl halides is 1. The minimum Gasteiger partial charge on any atom is -0.486 e. The molecular formula is C15H20FNO2. The molecule has 2 heterocycles. The first-order valence-electron chi connectivity index (χ1n) is 7.04. The molecule has 0 aromatic heterocycles. The van der Waals surface area contributed by atoms with E-state index in [4.69, 9.17) is 9.47 Å². The summed E-state index contributed by atoms with van der Waals surface area (Å²) >= 11 is 0. The average Bonchev–Trinajstić information content (AvgIpc) is 2.47. The fraction of sp³-hybridized carbons (Fsp3) is 0.600. The summed E-state index contributed by atoms with van der Waals surface area (Å²) in [5, 5.41) is 3.40. The van der Waals surface area contributed by atoms with E-state index in [0.29, 0.717) is 30.4 Å². The highest BCUT2D eigenvalue weighted by Gasteiger charge is 2.25.